The molecule has 0 aliphatic heterocycles. The van der Waals surface area contributed by atoms with Crippen molar-refractivity contribution in [3.05, 3.63) is 70.8 Å². The average molecular weight is 441 g/mol. The van der Waals surface area contributed by atoms with Gasteiger partial charge in [0.2, 0.25) is 0 Å². The molecule has 2 aromatic rings. The minimum absolute atomic E-state index is 0.0827. The lowest BCUT2D eigenvalue weighted by atomic mass is 9.69. The summed E-state index contributed by atoms with van der Waals surface area (Å²) in [5.41, 5.74) is 2.20. The highest BCUT2D eigenvalue weighted by Gasteiger charge is 2.32. The second kappa shape index (κ2) is 10.9. The summed E-state index contributed by atoms with van der Waals surface area (Å²) < 4.78 is 35.7. The first kappa shape index (κ1) is 23.4. The Morgan fingerprint density at radius 1 is 0.844 bits per heavy atom. The van der Waals surface area contributed by atoms with E-state index < -0.39 is 0 Å². The van der Waals surface area contributed by atoms with Gasteiger partial charge >= 0.3 is 0 Å². The molecule has 0 N–H and O–H groups in total. The lowest BCUT2D eigenvalue weighted by Crippen LogP contribution is -2.28. The highest BCUT2D eigenvalue weighted by molar-refractivity contribution is 5.31. The molecule has 0 bridgehead atoms. The van der Waals surface area contributed by atoms with Crippen LogP contribution in [0.5, 0.6) is 0 Å². The van der Waals surface area contributed by atoms with Gasteiger partial charge < -0.3 is 4.74 Å². The van der Waals surface area contributed by atoms with Crippen molar-refractivity contribution >= 4 is 0 Å². The summed E-state index contributed by atoms with van der Waals surface area (Å²) in [6.07, 6.45) is 10.3. The maximum absolute atomic E-state index is 15.0. The predicted molar refractivity (Wildman–Crippen MR) is 127 cm³/mol. The van der Waals surface area contributed by atoms with Crippen LogP contribution in [-0.4, -0.2) is 12.7 Å². The Morgan fingerprint density at radius 2 is 1.41 bits per heavy atom. The van der Waals surface area contributed by atoms with Gasteiger partial charge in [0.15, 0.2) is 0 Å². The van der Waals surface area contributed by atoms with Gasteiger partial charge in [0.1, 0.15) is 11.6 Å². The fraction of sp³-hybridized carbons (Fsp3) is 0.586. The van der Waals surface area contributed by atoms with Crippen molar-refractivity contribution in [2.75, 3.05) is 6.61 Å². The lowest BCUT2D eigenvalue weighted by Gasteiger charge is -2.38. The van der Waals surface area contributed by atoms with E-state index in [4.69, 9.17) is 4.74 Å². The molecular weight excluding hydrogens is 402 g/mol. The van der Waals surface area contributed by atoms with Crippen molar-refractivity contribution in [3.8, 4) is 0 Å². The van der Waals surface area contributed by atoms with E-state index in [2.05, 4.69) is 6.92 Å². The van der Waals surface area contributed by atoms with E-state index in [1.807, 2.05) is 37.3 Å². The van der Waals surface area contributed by atoms with Crippen LogP contribution in [0.3, 0.4) is 0 Å². The largest absolute Gasteiger partial charge is 0.379 e. The topological polar surface area (TPSA) is 9.23 Å². The third-order valence-electron chi connectivity index (χ3n) is 8.07. The molecule has 2 fully saturated rings. The van der Waals surface area contributed by atoms with Crippen molar-refractivity contribution in [1.29, 1.82) is 0 Å². The van der Waals surface area contributed by atoms with Crippen LogP contribution < -0.4 is 0 Å². The van der Waals surface area contributed by atoms with Crippen LogP contribution in [0.1, 0.15) is 93.7 Å². The highest BCUT2D eigenvalue weighted by Crippen LogP contribution is 2.43. The summed E-state index contributed by atoms with van der Waals surface area (Å²) in [6, 6.07) is 13.2. The molecule has 0 spiro atoms. The van der Waals surface area contributed by atoms with Gasteiger partial charge in [0.05, 0.1) is 6.10 Å². The minimum Gasteiger partial charge on any atom is -0.379 e. The van der Waals surface area contributed by atoms with Crippen LogP contribution in [-0.2, 0) is 11.2 Å². The molecule has 2 aromatic carbocycles. The molecule has 1 nitrogen and oxygen atoms in total. The molecule has 0 saturated heterocycles. The summed E-state index contributed by atoms with van der Waals surface area (Å²) in [4.78, 5) is 0. The van der Waals surface area contributed by atoms with Gasteiger partial charge in [-0.2, -0.15) is 0 Å². The molecule has 1 atom stereocenters. The quantitative estimate of drug-likeness (QED) is 0.422. The number of ether oxygens (including phenoxy) is 1. The molecule has 4 rings (SSSR count). The van der Waals surface area contributed by atoms with Crippen LogP contribution in [0.4, 0.5) is 8.78 Å². The number of benzene rings is 2. The Bertz CT molecular complexity index is 826. The first-order chi connectivity index (χ1) is 15.5. The van der Waals surface area contributed by atoms with Gasteiger partial charge in [-0.1, -0.05) is 37.3 Å². The van der Waals surface area contributed by atoms with Crippen LogP contribution in [0.25, 0.3) is 0 Å². The average Bonchev–Trinajstić information content (AvgIpc) is 2.82. The van der Waals surface area contributed by atoms with Crippen molar-refractivity contribution in [3.63, 3.8) is 0 Å². The number of hydrogen-bond acceptors (Lipinski definition) is 1. The first-order valence-corrected chi connectivity index (χ1v) is 12.7. The molecule has 2 aliphatic rings. The summed E-state index contributed by atoms with van der Waals surface area (Å²) in [5.74, 6) is 1.20. The predicted octanol–water partition coefficient (Wildman–Crippen LogP) is 8.18. The Hall–Kier alpha value is -1.74. The number of rotatable bonds is 7. The van der Waals surface area contributed by atoms with Gasteiger partial charge in [-0.05, 0) is 112 Å². The van der Waals surface area contributed by atoms with Gasteiger partial charge in [0, 0.05) is 12.2 Å². The van der Waals surface area contributed by atoms with E-state index >= 15 is 0 Å². The molecule has 0 radical (unpaired) electrons. The SMILES string of the molecule is CCOC1CCC(C2CCC(c3cc(F)c(CC(C)c4ccccc4)c(F)c3)CC2)CC1. The van der Waals surface area contributed by atoms with Crippen molar-refractivity contribution < 1.29 is 13.5 Å². The second-order valence-electron chi connectivity index (χ2n) is 10.1. The highest BCUT2D eigenvalue weighted by atomic mass is 19.1. The summed E-state index contributed by atoms with van der Waals surface area (Å²) in [7, 11) is 0. The Kier molecular flexibility index (Phi) is 7.99. The van der Waals surface area contributed by atoms with Crippen LogP contribution in [0, 0.1) is 23.5 Å². The molecule has 32 heavy (non-hydrogen) atoms. The lowest BCUT2D eigenvalue weighted by molar-refractivity contribution is 0.0146. The molecule has 174 valence electrons. The minimum atomic E-state index is -0.376. The third-order valence-corrected chi connectivity index (χ3v) is 8.07. The van der Waals surface area contributed by atoms with Crippen molar-refractivity contribution in [2.24, 2.45) is 11.8 Å². The van der Waals surface area contributed by atoms with Gasteiger partial charge in [-0.3, -0.25) is 0 Å². The molecule has 2 saturated carbocycles. The van der Waals surface area contributed by atoms with E-state index in [1.54, 1.807) is 12.1 Å². The summed E-state index contributed by atoms with van der Waals surface area (Å²) >= 11 is 0. The van der Waals surface area contributed by atoms with Gasteiger partial charge in [-0.25, -0.2) is 8.78 Å². The third kappa shape index (κ3) is 5.60. The maximum Gasteiger partial charge on any atom is 0.129 e. The van der Waals surface area contributed by atoms with Gasteiger partial charge in [-0.15, -0.1) is 0 Å². The molecule has 0 aromatic heterocycles. The summed E-state index contributed by atoms with van der Waals surface area (Å²) in [5, 5.41) is 0. The van der Waals surface area contributed by atoms with E-state index in [9.17, 15) is 8.78 Å². The van der Waals surface area contributed by atoms with Crippen molar-refractivity contribution in [2.45, 2.75) is 89.6 Å². The Morgan fingerprint density at radius 3 is 1.97 bits per heavy atom. The van der Waals surface area contributed by atoms with Gasteiger partial charge in [0.25, 0.3) is 0 Å². The normalized spacial score (nSPS) is 27.2. The maximum atomic E-state index is 15.0. The van der Waals surface area contributed by atoms with Crippen LogP contribution in [0.15, 0.2) is 42.5 Å². The molecule has 0 amide bonds. The monoisotopic (exact) mass is 440 g/mol. The van der Waals surface area contributed by atoms with E-state index in [-0.39, 0.29) is 29.0 Å². The molecule has 0 heterocycles. The molecular formula is C29H38F2O. The van der Waals surface area contributed by atoms with Crippen LogP contribution in [0.2, 0.25) is 0 Å². The smallest absolute Gasteiger partial charge is 0.129 e. The van der Waals surface area contributed by atoms with E-state index in [0.717, 1.165) is 42.4 Å². The Balaban J connectivity index is 1.34. The molecule has 1 unspecified atom stereocenters. The second-order valence-corrected chi connectivity index (χ2v) is 10.1. The zero-order valence-corrected chi connectivity index (χ0v) is 19.7. The van der Waals surface area contributed by atoms with E-state index in [0.29, 0.717) is 12.5 Å². The number of hydrogen-bond donors (Lipinski definition) is 0. The zero-order chi connectivity index (χ0) is 22.5. The molecule has 2 aliphatic carbocycles. The first-order valence-electron chi connectivity index (χ1n) is 12.7. The standard InChI is InChI=1S/C29H38F2O/c1-3-32-26-15-13-23(14-16-26)22-9-11-24(12-10-22)25-18-28(30)27(29(31)19-25)17-20(2)21-7-5-4-6-8-21/h4-8,18-20,22-24,26H,3,9-17H2,1-2H3. The molecule has 3 heteroatoms. The zero-order valence-electron chi connectivity index (χ0n) is 19.7. The Labute approximate surface area is 192 Å². The van der Waals surface area contributed by atoms with E-state index in [1.165, 1.54) is 38.5 Å². The summed E-state index contributed by atoms with van der Waals surface area (Å²) in [6.45, 7) is 4.93. The van der Waals surface area contributed by atoms with Crippen molar-refractivity contribution in [1.82, 2.24) is 0 Å². The number of halogens is 2. The fourth-order valence-corrected chi connectivity index (χ4v) is 6.15. The van der Waals surface area contributed by atoms with Crippen LogP contribution >= 0.6 is 0 Å². The fourth-order valence-electron chi connectivity index (χ4n) is 6.15.